The zero-order chi connectivity index (χ0) is 16.2. The van der Waals surface area contributed by atoms with Gasteiger partial charge in [-0.25, -0.2) is 0 Å². The summed E-state index contributed by atoms with van der Waals surface area (Å²) < 4.78 is 0. The Bertz CT molecular complexity index is 829. The molecule has 1 heterocycles. The first-order chi connectivity index (χ1) is 11.1. The van der Waals surface area contributed by atoms with Gasteiger partial charge in [0.2, 0.25) is 0 Å². The highest BCUT2D eigenvalue weighted by Crippen LogP contribution is 2.28. The monoisotopic (exact) mass is 324 g/mol. The first-order valence-corrected chi connectivity index (χ1v) is 7.62. The van der Waals surface area contributed by atoms with E-state index in [1.165, 1.54) is 6.07 Å². The van der Waals surface area contributed by atoms with Crippen LogP contribution in [0.2, 0.25) is 0 Å². The van der Waals surface area contributed by atoms with Crippen molar-refractivity contribution in [3.63, 3.8) is 0 Å². The van der Waals surface area contributed by atoms with Gasteiger partial charge in [-0.15, -0.1) is 0 Å². The van der Waals surface area contributed by atoms with Gasteiger partial charge in [0.15, 0.2) is 5.17 Å². The van der Waals surface area contributed by atoms with Gasteiger partial charge in [0.25, 0.3) is 11.8 Å². The van der Waals surface area contributed by atoms with E-state index in [1.807, 2.05) is 6.07 Å². The van der Waals surface area contributed by atoms with Crippen LogP contribution in [-0.4, -0.2) is 22.1 Å². The standard InChI is InChI=1S/C17H12N2O3S/c20-13-9-5-4-8-12(13)10-14-16(22)19-17(23-14)18-15(21)11-6-2-1-3-7-11/h1-10,20H,(H,18,19,21,22)/b14-10-. The number of carbonyl (C=O) groups excluding carboxylic acids is 2. The number of aromatic hydroxyl groups is 1. The van der Waals surface area contributed by atoms with Crippen LogP contribution in [0.5, 0.6) is 5.75 Å². The van der Waals surface area contributed by atoms with E-state index in [4.69, 9.17) is 0 Å². The third-order valence-corrected chi connectivity index (χ3v) is 4.01. The fourth-order valence-electron chi connectivity index (χ4n) is 1.97. The van der Waals surface area contributed by atoms with E-state index in [0.717, 1.165) is 11.8 Å². The van der Waals surface area contributed by atoms with Gasteiger partial charge in [0.05, 0.1) is 4.91 Å². The minimum absolute atomic E-state index is 0.0825. The van der Waals surface area contributed by atoms with Crippen molar-refractivity contribution in [1.29, 1.82) is 0 Å². The predicted molar refractivity (Wildman–Crippen MR) is 90.0 cm³/mol. The topological polar surface area (TPSA) is 78.8 Å². The quantitative estimate of drug-likeness (QED) is 0.833. The number of para-hydroxylation sites is 1. The van der Waals surface area contributed by atoms with Crippen molar-refractivity contribution in [2.45, 2.75) is 0 Å². The molecule has 114 valence electrons. The van der Waals surface area contributed by atoms with Crippen LogP contribution < -0.4 is 5.32 Å². The normalized spacial score (nSPS) is 17.5. The minimum Gasteiger partial charge on any atom is -0.507 e. The Morgan fingerprint density at radius 1 is 1.09 bits per heavy atom. The summed E-state index contributed by atoms with van der Waals surface area (Å²) in [7, 11) is 0. The molecule has 0 atom stereocenters. The van der Waals surface area contributed by atoms with Crippen LogP contribution in [0.25, 0.3) is 6.08 Å². The molecule has 23 heavy (non-hydrogen) atoms. The van der Waals surface area contributed by atoms with Crippen LogP contribution in [-0.2, 0) is 4.79 Å². The number of amidine groups is 1. The van der Waals surface area contributed by atoms with E-state index in [2.05, 4.69) is 10.3 Å². The maximum absolute atomic E-state index is 12.0. The van der Waals surface area contributed by atoms with Crippen LogP contribution in [0, 0.1) is 0 Å². The van der Waals surface area contributed by atoms with Gasteiger partial charge < -0.3 is 10.4 Å². The van der Waals surface area contributed by atoms with E-state index in [0.29, 0.717) is 16.0 Å². The molecule has 6 heteroatoms. The molecule has 0 spiro atoms. The van der Waals surface area contributed by atoms with Gasteiger partial charge in [-0.05, 0) is 36.0 Å². The number of thioether (sulfide) groups is 1. The van der Waals surface area contributed by atoms with Crippen LogP contribution in [0.1, 0.15) is 15.9 Å². The molecule has 0 unspecified atom stereocenters. The highest BCUT2D eigenvalue weighted by Gasteiger charge is 2.25. The van der Waals surface area contributed by atoms with Crippen LogP contribution in [0.15, 0.2) is 64.5 Å². The predicted octanol–water partition coefficient (Wildman–Crippen LogP) is 2.79. The fourth-order valence-corrected chi connectivity index (χ4v) is 2.78. The molecule has 1 aliphatic heterocycles. The molecule has 2 N–H and O–H groups in total. The number of hydrogen-bond acceptors (Lipinski definition) is 4. The molecule has 0 aromatic heterocycles. The van der Waals surface area contributed by atoms with E-state index in [9.17, 15) is 14.7 Å². The van der Waals surface area contributed by atoms with E-state index < -0.39 is 5.91 Å². The SMILES string of the molecule is O=C1NC(=NC(=O)c2ccccc2)S/C1=C\c1ccccc1O. The summed E-state index contributed by atoms with van der Waals surface area (Å²) in [6.45, 7) is 0. The molecule has 5 nitrogen and oxygen atoms in total. The Morgan fingerprint density at radius 2 is 1.78 bits per heavy atom. The summed E-state index contributed by atoms with van der Waals surface area (Å²) >= 11 is 1.06. The Labute approximate surface area is 136 Å². The molecule has 2 amide bonds. The smallest absolute Gasteiger partial charge is 0.279 e. The number of benzene rings is 2. The lowest BCUT2D eigenvalue weighted by Crippen LogP contribution is -2.20. The van der Waals surface area contributed by atoms with Crippen LogP contribution in [0.4, 0.5) is 0 Å². The average Bonchev–Trinajstić information content (AvgIpc) is 2.90. The molecule has 0 saturated carbocycles. The number of aliphatic imine (C=N–C) groups is 1. The third-order valence-electron chi connectivity index (χ3n) is 3.10. The first-order valence-electron chi connectivity index (χ1n) is 6.80. The largest absolute Gasteiger partial charge is 0.507 e. The Hall–Kier alpha value is -2.86. The number of hydrogen-bond donors (Lipinski definition) is 2. The highest BCUT2D eigenvalue weighted by molar-refractivity contribution is 8.18. The first kappa shape index (κ1) is 15.1. The van der Waals surface area contributed by atoms with Gasteiger partial charge >= 0.3 is 0 Å². The zero-order valence-corrected chi connectivity index (χ0v) is 12.7. The molecule has 2 aromatic rings. The summed E-state index contributed by atoms with van der Waals surface area (Å²) in [6.07, 6.45) is 1.56. The van der Waals surface area contributed by atoms with Crippen molar-refractivity contribution in [2.24, 2.45) is 4.99 Å². The van der Waals surface area contributed by atoms with Crippen molar-refractivity contribution < 1.29 is 14.7 Å². The molecular formula is C17H12N2O3S. The molecule has 0 aliphatic carbocycles. The number of carbonyl (C=O) groups is 2. The van der Waals surface area contributed by atoms with Gasteiger partial charge in [-0.1, -0.05) is 36.4 Å². The van der Waals surface area contributed by atoms with Crippen molar-refractivity contribution in [3.8, 4) is 5.75 Å². The molecule has 1 aliphatic rings. The molecular weight excluding hydrogens is 312 g/mol. The number of nitrogens with one attached hydrogen (secondary N) is 1. The fraction of sp³-hybridized carbons (Fsp3) is 0. The molecule has 3 rings (SSSR count). The lowest BCUT2D eigenvalue weighted by molar-refractivity contribution is -0.115. The van der Waals surface area contributed by atoms with E-state index >= 15 is 0 Å². The summed E-state index contributed by atoms with van der Waals surface area (Å²) in [5, 5.41) is 12.5. The van der Waals surface area contributed by atoms with Crippen molar-refractivity contribution in [3.05, 3.63) is 70.6 Å². The number of phenolic OH excluding ortho intramolecular Hbond substituents is 1. The number of amides is 2. The van der Waals surface area contributed by atoms with Crippen molar-refractivity contribution >= 4 is 34.8 Å². The Balaban J connectivity index is 1.81. The van der Waals surface area contributed by atoms with E-state index in [-0.39, 0.29) is 16.8 Å². The van der Waals surface area contributed by atoms with Gasteiger partial charge in [-0.3, -0.25) is 9.59 Å². The average molecular weight is 324 g/mol. The molecule has 1 fully saturated rings. The van der Waals surface area contributed by atoms with Crippen LogP contribution in [0.3, 0.4) is 0 Å². The summed E-state index contributed by atoms with van der Waals surface area (Å²) in [5.41, 5.74) is 0.980. The number of nitrogens with zero attached hydrogens (tertiary/aromatic N) is 1. The van der Waals surface area contributed by atoms with Gasteiger partial charge in [0.1, 0.15) is 5.75 Å². The molecule has 2 aromatic carbocycles. The van der Waals surface area contributed by atoms with E-state index in [1.54, 1.807) is 48.5 Å². The molecule has 1 saturated heterocycles. The highest BCUT2D eigenvalue weighted by atomic mass is 32.2. The summed E-state index contributed by atoms with van der Waals surface area (Å²) in [5.74, 6) is -0.686. The third kappa shape index (κ3) is 3.49. The molecule has 0 bridgehead atoms. The minimum atomic E-state index is -0.419. The van der Waals surface area contributed by atoms with Crippen LogP contribution >= 0.6 is 11.8 Å². The second-order valence-corrected chi connectivity index (χ2v) is 5.74. The maximum atomic E-state index is 12.0. The number of phenols is 1. The zero-order valence-electron chi connectivity index (χ0n) is 11.9. The lowest BCUT2D eigenvalue weighted by Gasteiger charge is -1.98. The van der Waals surface area contributed by atoms with Gasteiger partial charge in [0, 0.05) is 11.1 Å². The van der Waals surface area contributed by atoms with Crippen molar-refractivity contribution in [1.82, 2.24) is 5.32 Å². The second-order valence-electron chi connectivity index (χ2n) is 4.71. The Kier molecular flexibility index (Phi) is 4.25. The van der Waals surface area contributed by atoms with Crippen molar-refractivity contribution in [2.75, 3.05) is 0 Å². The second kappa shape index (κ2) is 6.50. The molecule has 0 radical (unpaired) electrons. The summed E-state index contributed by atoms with van der Waals surface area (Å²) in [4.78, 5) is 28.2. The number of rotatable bonds is 2. The van der Waals surface area contributed by atoms with Gasteiger partial charge in [-0.2, -0.15) is 4.99 Å². The Morgan fingerprint density at radius 3 is 2.52 bits per heavy atom. The summed E-state index contributed by atoms with van der Waals surface area (Å²) in [6, 6.07) is 15.3. The lowest BCUT2D eigenvalue weighted by atomic mass is 10.2. The maximum Gasteiger partial charge on any atom is 0.279 e.